The molecule has 0 unspecified atom stereocenters. The summed E-state index contributed by atoms with van der Waals surface area (Å²) in [6, 6.07) is 0. The first-order valence-corrected chi connectivity index (χ1v) is 4.10. The lowest BCUT2D eigenvalue weighted by Gasteiger charge is -2.22. The Hall–Kier alpha value is -0.0800. The van der Waals surface area contributed by atoms with Crippen molar-refractivity contribution in [1.82, 2.24) is 0 Å². The summed E-state index contributed by atoms with van der Waals surface area (Å²) >= 11 is 0. The maximum atomic E-state index is 5.10. The van der Waals surface area contributed by atoms with E-state index in [1.165, 1.54) is 0 Å². The van der Waals surface area contributed by atoms with Gasteiger partial charge in [0, 0.05) is 20.8 Å². The summed E-state index contributed by atoms with van der Waals surface area (Å²) in [5, 5.41) is 0. The maximum absolute atomic E-state index is 5.10. The van der Waals surface area contributed by atoms with E-state index in [-0.39, 0.29) is 0 Å². The van der Waals surface area contributed by atoms with Crippen LogP contribution in [0.2, 0.25) is 0 Å². The normalized spacial score (nSPS) is 12.0. The van der Waals surface area contributed by atoms with Crippen LogP contribution in [0.4, 0.5) is 0 Å². The van der Waals surface area contributed by atoms with E-state index in [0.29, 0.717) is 5.41 Å². The Morgan fingerprint density at radius 2 is 1.73 bits per heavy atom. The summed E-state index contributed by atoms with van der Waals surface area (Å²) in [4.78, 5) is 0. The minimum absolute atomic E-state index is 0.299. The molecule has 0 aliphatic rings. The third-order valence-corrected chi connectivity index (χ3v) is 1.74. The van der Waals surface area contributed by atoms with Gasteiger partial charge < -0.3 is 9.47 Å². The second kappa shape index (κ2) is 5.56. The molecule has 2 nitrogen and oxygen atoms in total. The lowest BCUT2D eigenvalue weighted by molar-refractivity contribution is 0.0878. The van der Waals surface area contributed by atoms with Crippen molar-refractivity contribution in [2.45, 2.75) is 26.7 Å². The Morgan fingerprint density at radius 3 is 2.18 bits per heavy atom. The monoisotopic (exact) mass is 160 g/mol. The topological polar surface area (TPSA) is 18.5 Å². The number of hydrogen-bond donors (Lipinski definition) is 0. The van der Waals surface area contributed by atoms with Crippen molar-refractivity contribution < 1.29 is 9.47 Å². The van der Waals surface area contributed by atoms with E-state index in [1.54, 1.807) is 14.2 Å². The quantitative estimate of drug-likeness (QED) is 0.554. The van der Waals surface area contributed by atoms with Gasteiger partial charge in [0.2, 0.25) is 0 Å². The zero-order valence-electron chi connectivity index (χ0n) is 8.14. The van der Waals surface area contributed by atoms with Crippen LogP contribution in [-0.4, -0.2) is 27.4 Å². The predicted molar refractivity (Wildman–Crippen MR) is 46.8 cm³/mol. The summed E-state index contributed by atoms with van der Waals surface area (Å²) in [7, 11) is 3.49. The number of hydrogen-bond acceptors (Lipinski definition) is 2. The highest BCUT2D eigenvalue weighted by Gasteiger charge is 2.16. The number of methoxy groups -OCH3 is 2. The van der Waals surface area contributed by atoms with Crippen LogP contribution in [0.15, 0.2) is 0 Å². The molecule has 0 radical (unpaired) electrons. The van der Waals surface area contributed by atoms with Gasteiger partial charge in [0.15, 0.2) is 0 Å². The van der Waals surface area contributed by atoms with Crippen LogP contribution in [0.25, 0.3) is 0 Å². The van der Waals surface area contributed by atoms with Gasteiger partial charge in [-0.25, -0.2) is 0 Å². The van der Waals surface area contributed by atoms with Crippen LogP contribution >= 0.6 is 0 Å². The lowest BCUT2D eigenvalue weighted by Crippen LogP contribution is -2.18. The fourth-order valence-corrected chi connectivity index (χ4v) is 1.16. The molecule has 0 saturated heterocycles. The smallest absolute Gasteiger partial charge is 0.0513 e. The van der Waals surface area contributed by atoms with E-state index in [1.807, 2.05) is 0 Å². The Labute approximate surface area is 69.9 Å². The summed E-state index contributed by atoms with van der Waals surface area (Å²) in [5.41, 5.74) is 0.299. The van der Waals surface area contributed by atoms with E-state index < -0.39 is 0 Å². The first kappa shape index (κ1) is 10.9. The zero-order chi connectivity index (χ0) is 8.74. The van der Waals surface area contributed by atoms with Gasteiger partial charge in [0.25, 0.3) is 0 Å². The summed E-state index contributed by atoms with van der Waals surface area (Å²) < 4.78 is 10.1. The molecule has 0 aromatic heterocycles. The van der Waals surface area contributed by atoms with Crippen molar-refractivity contribution in [3.05, 3.63) is 0 Å². The largest absolute Gasteiger partial charge is 0.385 e. The SMILES string of the molecule is COCCCC(C)(C)COC. The van der Waals surface area contributed by atoms with Crippen molar-refractivity contribution in [3.63, 3.8) is 0 Å². The third kappa shape index (κ3) is 6.32. The van der Waals surface area contributed by atoms with Crippen LogP contribution in [0.1, 0.15) is 26.7 Å². The zero-order valence-corrected chi connectivity index (χ0v) is 8.14. The van der Waals surface area contributed by atoms with Gasteiger partial charge in [-0.05, 0) is 18.3 Å². The highest BCUT2D eigenvalue weighted by Crippen LogP contribution is 2.21. The maximum Gasteiger partial charge on any atom is 0.0513 e. The molecule has 0 aromatic carbocycles. The molecule has 0 aliphatic carbocycles. The van der Waals surface area contributed by atoms with Crippen molar-refractivity contribution >= 4 is 0 Å². The van der Waals surface area contributed by atoms with E-state index in [2.05, 4.69) is 13.8 Å². The van der Waals surface area contributed by atoms with Crippen LogP contribution in [-0.2, 0) is 9.47 Å². The molecule has 0 rings (SSSR count). The molecule has 0 N–H and O–H groups in total. The Morgan fingerprint density at radius 1 is 1.09 bits per heavy atom. The molecule has 11 heavy (non-hydrogen) atoms. The summed E-state index contributed by atoms with van der Waals surface area (Å²) in [6.07, 6.45) is 2.28. The average molecular weight is 160 g/mol. The number of ether oxygens (including phenoxy) is 2. The molecule has 0 spiro atoms. The van der Waals surface area contributed by atoms with Crippen molar-refractivity contribution in [1.29, 1.82) is 0 Å². The van der Waals surface area contributed by atoms with E-state index in [4.69, 9.17) is 9.47 Å². The first-order valence-electron chi connectivity index (χ1n) is 4.10. The molecular weight excluding hydrogens is 140 g/mol. The van der Waals surface area contributed by atoms with Crippen molar-refractivity contribution in [3.8, 4) is 0 Å². The highest BCUT2D eigenvalue weighted by atomic mass is 16.5. The molecule has 0 saturated carbocycles. The first-order chi connectivity index (χ1) is 5.12. The van der Waals surface area contributed by atoms with E-state index in [0.717, 1.165) is 26.1 Å². The van der Waals surface area contributed by atoms with Gasteiger partial charge in [-0.1, -0.05) is 13.8 Å². The Kier molecular flexibility index (Phi) is 5.51. The second-order valence-corrected chi connectivity index (χ2v) is 3.69. The molecular formula is C9H20O2. The summed E-state index contributed by atoms with van der Waals surface area (Å²) in [6.45, 7) is 6.11. The minimum Gasteiger partial charge on any atom is -0.385 e. The third-order valence-electron chi connectivity index (χ3n) is 1.74. The fourth-order valence-electron chi connectivity index (χ4n) is 1.16. The molecule has 0 heterocycles. The molecule has 0 atom stereocenters. The van der Waals surface area contributed by atoms with Gasteiger partial charge in [0.05, 0.1) is 6.61 Å². The summed E-state index contributed by atoms with van der Waals surface area (Å²) in [5.74, 6) is 0. The van der Waals surface area contributed by atoms with Gasteiger partial charge in [-0.15, -0.1) is 0 Å². The standard InChI is InChI=1S/C9H20O2/c1-9(2,8-11-4)6-5-7-10-3/h5-8H2,1-4H3. The second-order valence-electron chi connectivity index (χ2n) is 3.69. The molecule has 0 amide bonds. The van der Waals surface area contributed by atoms with Gasteiger partial charge in [-0.2, -0.15) is 0 Å². The minimum atomic E-state index is 0.299. The molecule has 68 valence electrons. The lowest BCUT2D eigenvalue weighted by atomic mass is 9.89. The van der Waals surface area contributed by atoms with Crippen molar-refractivity contribution in [2.75, 3.05) is 27.4 Å². The van der Waals surface area contributed by atoms with E-state index >= 15 is 0 Å². The highest BCUT2D eigenvalue weighted by molar-refractivity contribution is 4.66. The molecule has 0 fully saturated rings. The fraction of sp³-hybridized carbons (Fsp3) is 1.00. The molecule has 0 bridgehead atoms. The predicted octanol–water partition coefficient (Wildman–Crippen LogP) is 2.09. The molecule has 0 aliphatic heterocycles. The van der Waals surface area contributed by atoms with Gasteiger partial charge >= 0.3 is 0 Å². The van der Waals surface area contributed by atoms with Crippen LogP contribution in [0, 0.1) is 5.41 Å². The van der Waals surface area contributed by atoms with Gasteiger partial charge in [-0.3, -0.25) is 0 Å². The average Bonchev–Trinajstić information content (AvgIpc) is 1.87. The van der Waals surface area contributed by atoms with Crippen molar-refractivity contribution in [2.24, 2.45) is 5.41 Å². The van der Waals surface area contributed by atoms with Crippen LogP contribution in [0.3, 0.4) is 0 Å². The molecule has 2 heteroatoms. The van der Waals surface area contributed by atoms with Crippen LogP contribution in [0.5, 0.6) is 0 Å². The molecule has 0 aromatic rings. The number of rotatable bonds is 6. The Bertz CT molecular complexity index is 89.6. The van der Waals surface area contributed by atoms with Gasteiger partial charge in [0.1, 0.15) is 0 Å². The van der Waals surface area contributed by atoms with Crippen LogP contribution < -0.4 is 0 Å². The van der Waals surface area contributed by atoms with E-state index in [9.17, 15) is 0 Å². The Balaban J connectivity index is 3.38.